The van der Waals surface area contributed by atoms with Crippen molar-refractivity contribution in [3.63, 3.8) is 0 Å². The van der Waals surface area contributed by atoms with Gasteiger partial charge in [-0.15, -0.1) is 5.06 Å². The number of ether oxygens (including phenoxy) is 1. The smallest absolute Gasteiger partial charge is 0.368 e. The number of aromatic hydroxyl groups is 1. The van der Waals surface area contributed by atoms with Crippen molar-refractivity contribution >= 4 is 63.0 Å². The van der Waals surface area contributed by atoms with Crippen molar-refractivity contribution in [3.8, 4) is 5.75 Å². The van der Waals surface area contributed by atoms with Gasteiger partial charge in [0.25, 0.3) is 11.8 Å². The molecule has 0 radical (unpaired) electrons. The largest absolute Gasteiger partial charge is 0.506 e. The fraction of sp³-hybridized carbons (Fsp3) is 0.400. The van der Waals surface area contributed by atoms with Gasteiger partial charge in [-0.1, -0.05) is 0 Å². The van der Waals surface area contributed by atoms with E-state index >= 15 is 0 Å². The third-order valence-corrected chi connectivity index (χ3v) is 6.47. The molecule has 1 N–H and O–H groups in total. The van der Waals surface area contributed by atoms with Crippen LogP contribution < -0.4 is 0 Å². The molecule has 1 aromatic carbocycles. The van der Waals surface area contributed by atoms with E-state index < -0.39 is 29.6 Å². The molecule has 0 saturated carbocycles. The highest BCUT2D eigenvalue weighted by Gasteiger charge is 2.63. The Morgan fingerprint density at radius 2 is 1.67 bits per heavy atom. The molecule has 4 rings (SSSR count). The molecule has 1 aromatic rings. The number of hydroxylamine groups is 2. The number of fused-ring (bicyclic) bond motifs is 5. The fourth-order valence-electron chi connectivity index (χ4n) is 3.64. The summed E-state index contributed by atoms with van der Waals surface area (Å²) in [6, 6.07) is 3.30. The monoisotopic (exact) mass is 555 g/mol. The fourth-order valence-corrected chi connectivity index (χ4v) is 4.74. The van der Waals surface area contributed by atoms with Crippen molar-refractivity contribution in [2.75, 3.05) is 0 Å². The molecule has 2 bridgehead atoms. The van der Waals surface area contributed by atoms with Crippen LogP contribution >= 0.6 is 45.2 Å². The van der Waals surface area contributed by atoms with Crippen molar-refractivity contribution in [2.45, 2.75) is 25.0 Å². The van der Waals surface area contributed by atoms with E-state index in [9.17, 15) is 19.5 Å². The average Bonchev–Trinajstić information content (AvgIpc) is 3.21. The van der Waals surface area contributed by atoms with Crippen LogP contribution in [0.25, 0.3) is 0 Å². The second kappa shape index (κ2) is 5.80. The van der Waals surface area contributed by atoms with Gasteiger partial charge in [-0.3, -0.25) is 9.59 Å². The van der Waals surface area contributed by atoms with E-state index in [4.69, 9.17) is 9.57 Å². The predicted octanol–water partition coefficient (Wildman–Crippen LogP) is 1.84. The summed E-state index contributed by atoms with van der Waals surface area (Å²) >= 11 is 3.77. The average molecular weight is 555 g/mol. The Morgan fingerprint density at radius 3 is 2.25 bits per heavy atom. The zero-order valence-corrected chi connectivity index (χ0v) is 16.4. The topological polar surface area (TPSA) is 93.1 Å². The Labute approximate surface area is 163 Å². The Kier molecular flexibility index (Phi) is 3.99. The lowest BCUT2D eigenvalue weighted by atomic mass is 9.81. The zero-order valence-electron chi connectivity index (χ0n) is 12.1. The molecule has 3 fully saturated rings. The summed E-state index contributed by atoms with van der Waals surface area (Å²) in [5, 5.41) is 10.6. The molecule has 126 valence electrons. The second-order valence-electron chi connectivity index (χ2n) is 5.94. The first-order chi connectivity index (χ1) is 11.4. The first kappa shape index (κ1) is 16.5. The molecule has 24 heavy (non-hydrogen) atoms. The van der Waals surface area contributed by atoms with E-state index in [1.807, 2.05) is 45.2 Å². The van der Waals surface area contributed by atoms with Gasteiger partial charge in [-0.05, 0) is 70.2 Å². The van der Waals surface area contributed by atoms with Crippen molar-refractivity contribution in [1.82, 2.24) is 5.06 Å². The third kappa shape index (κ3) is 2.27. The number of benzene rings is 1. The first-order valence-corrected chi connectivity index (χ1v) is 9.48. The normalized spacial score (nSPS) is 30.8. The van der Waals surface area contributed by atoms with Crippen LogP contribution in [-0.2, 0) is 19.2 Å². The van der Waals surface area contributed by atoms with E-state index in [0.29, 0.717) is 12.2 Å². The molecular formula is C15H11I2NO6. The lowest BCUT2D eigenvalue weighted by Crippen LogP contribution is -2.36. The van der Waals surface area contributed by atoms with Gasteiger partial charge in [0.05, 0.1) is 27.6 Å². The number of hydrogen-bond acceptors (Lipinski definition) is 6. The van der Waals surface area contributed by atoms with E-state index in [1.165, 1.54) is 0 Å². The van der Waals surface area contributed by atoms with Gasteiger partial charge in [0.2, 0.25) is 0 Å². The minimum absolute atomic E-state index is 0.0561. The van der Waals surface area contributed by atoms with Crippen LogP contribution in [0.2, 0.25) is 0 Å². The quantitative estimate of drug-likeness (QED) is 0.443. The van der Waals surface area contributed by atoms with Crippen molar-refractivity contribution in [2.24, 2.45) is 11.8 Å². The Bertz CT molecular complexity index is 753. The van der Waals surface area contributed by atoms with Gasteiger partial charge in [0.1, 0.15) is 11.3 Å². The molecule has 3 aliphatic rings. The van der Waals surface area contributed by atoms with Crippen LogP contribution in [0.5, 0.6) is 5.75 Å². The van der Waals surface area contributed by atoms with Crippen molar-refractivity contribution in [1.29, 1.82) is 0 Å². The Hall–Kier alpha value is -0.950. The van der Waals surface area contributed by atoms with Crippen LogP contribution in [0.15, 0.2) is 12.1 Å². The number of amides is 2. The maximum atomic E-state index is 12.5. The van der Waals surface area contributed by atoms with Crippen LogP contribution in [0.1, 0.15) is 23.2 Å². The lowest BCUT2D eigenvalue weighted by molar-refractivity contribution is -0.177. The summed E-state index contributed by atoms with van der Waals surface area (Å²) in [7, 11) is 0. The number of hydrogen-bond donors (Lipinski definition) is 1. The van der Waals surface area contributed by atoms with Gasteiger partial charge in [0, 0.05) is 3.57 Å². The van der Waals surface area contributed by atoms with Crippen LogP contribution in [-0.4, -0.2) is 40.2 Å². The maximum absolute atomic E-state index is 12.5. The predicted molar refractivity (Wildman–Crippen MR) is 95.7 cm³/mol. The highest BCUT2D eigenvalue weighted by Crippen LogP contribution is 2.48. The Balaban J connectivity index is 1.60. The molecule has 4 unspecified atom stereocenters. The number of imide groups is 1. The summed E-state index contributed by atoms with van der Waals surface area (Å²) in [4.78, 5) is 42.4. The zero-order chi connectivity index (χ0) is 17.2. The summed E-state index contributed by atoms with van der Waals surface area (Å²) < 4.78 is 6.57. The molecule has 2 amide bonds. The number of nitrogens with zero attached hydrogens (tertiary/aromatic N) is 1. The van der Waals surface area contributed by atoms with Gasteiger partial charge in [0.15, 0.2) is 0 Å². The summed E-state index contributed by atoms with van der Waals surface area (Å²) in [6.07, 6.45) is 0.933. The van der Waals surface area contributed by atoms with Crippen LogP contribution in [0.3, 0.4) is 0 Å². The van der Waals surface area contributed by atoms with Gasteiger partial charge in [-0.25, -0.2) is 4.79 Å². The van der Waals surface area contributed by atoms with E-state index in [0.717, 1.165) is 12.8 Å². The minimum Gasteiger partial charge on any atom is -0.506 e. The summed E-state index contributed by atoms with van der Waals surface area (Å²) in [6.45, 7) is 0. The van der Waals surface area contributed by atoms with E-state index in [-0.39, 0.29) is 23.5 Å². The molecule has 3 aliphatic heterocycles. The molecule has 7 nitrogen and oxygen atoms in total. The molecule has 0 spiro atoms. The van der Waals surface area contributed by atoms with Crippen molar-refractivity contribution < 1.29 is 29.1 Å². The molecule has 0 aromatic heterocycles. The summed E-state index contributed by atoms with van der Waals surface area (Å²) in [5.74, 6) is -3.35. The standard InChI is InChI=1S/C15H11I2NO6/c16-5-1-2-6(17)12(19)9(5)15(22)24-18-13(20)10-7-3-4-8(23-7)11(10)14(18)21/h1-2,7-8,10-11,19H,3-4H2. The first-order valence-electron chi connectivity index (χ1n) is 7.32. The molecule has 0 aliphatic carbocycles. The molecule has 4 atom stereocenters. The Morgan fingerprint density at radius 1 is 1.12 bits per heavy atom. The number of phenols is 1. The number of rotatable bonds is 2. The SMILES string of the molecule is O=C(ON1C(=O)C2C3CCC(O3)C2C1=O)c1c(I)ccc(I)c1O. The minimum atomic E-state index is -0.926. The lowest BCUT2D eigenvalue weighted by Gasteiger charge is -2.17. The van der Waals surface area contributed by atoms with Crippen LogP contribution in [0.4, 0.5) is 0 Å². The van der Waals surface area contributed by atoms with Crippen molar-refractivity contribution in [3.05, 3.63) is 24.8 Å². The number of phenolic OH excluding ortho intramolecular Hbond substituents is 1. The van der Waals surface area contributed by atoms with Crippen LogP contribution in [0, 0.1) is 19.0 Å². The van der Waals surface area contributed by atoms with Gasteiger partial charge < -0.3 is 14.7 Å². The third-order valence-electron chi connectivity index (χ3n) is 4.70. The summed E-state index contributed by atoms with van der Waals surface area (Å²) in [5.41, 5.74) is -0.0561. The molecule has 3 heterocycles. The number of carbonyl (C=O) groups is 3. The molecule has 3 saturated heterocycles. The highest BCUT2D eigenvalue weighted by molar-refractivity contribution is 14.1. The maximum Gasteiger partial charge on any atom is 0.368 e. The van der Waals surface area contributed by atoms with E-state index in [2.05, 4.69) is 0 Å². The highest BCUT2D eigenvalue weighted by atomic mass is 127. The number of halogens is 2. The van der Waals surface area contributed by atoms with Gasteiger partial charge in [-0.2, -0.15) is 0 Å². The van der Waals surface area contributed by atoms with Gasteiger partial charge >= 0.3 is 5.97 Å². The van der Waals surface area contributed by atoms with E-state index in [1.54, 1.807) is 12.1 Å². The molecule has 9 heteroatoms. The molecular weight excluding hydrogens is 544 g/mol. The number of carbonyl (C=O) groups excluding carboxylic acids is 3. The second-order valence-corrected chi connectivity index (χ2v) is 8.27.